The van der Waals surface area contributed by atoms with Crippen molar-refractivity contribution < 1.29 is 4.74 Å². The molecule has 3 aromatic rings. The summed E-state index contributed by atoms with van der Waals surface area (Å²) < 4.78 is 8.20. The zero-order chi connectivity index (χ0) is 18.4. The van der Waals surface area contributed by atoms with Crippen LogP contribution in [0.3, 0.4) is 0 Å². The minimum absolute atomic E-state index is 0.237. The van der Waals surface area contributed by atoms with Crippen molar-refractivity contribution in [2.75, 3.05) is 13.1 Å². The van der Waals surface area contributed by atoms with Crippen LogP contribution < -0.4 is 0 Å². The third-order valence-electron chi connectivity index (χ3n) is 5.60. The van der Waals surface area contributed by atoms with E-state index in [0.717, 1.165) is 54.5 Å². The Hall–Kier alpha value is -2.57. The SMILES string of the molecule is CCn1cc(CN2CC3(C2)OCc2nc(-c4ccccc4)ncc23)c(C)n1. The summed E-state index contributed by atoms with van der Waals surface area (Å²) in [5.41, 5.74) is 5.39. The Labute approximate surface area is 158 Å². The number of aromatic nitrogens is 4. The van der Waals surface area contributed by atoms with Crippen LogP contribution in [0.25, 0.3) is 11.4 Å². The first-order valence-electron chi connectivity index (χ1n) is 9.48. The molecule has 6 nitrogen and oxygen atoms in total. The lowest BCUT2D eigenvalue weighted by molar-refractivity contribution is -0.145. The highest BCUT2D eigenvalue weighted by atomic mass is 16.5. The fraction of sp³-hybridized carbons (Fsp3) is 0.381. The van der Waals surface area contributed by atoms with Gasteiger partial charge < -0.3 is 4.74 Å². The number of aryl methyl sites for hydroxylation is 2. The lowest BCUT2D eigenvalue weighted by Crippen LogP contribution is -2.58. The van der Waals surface area contributed by atoms with Gasteiger partial charge in [0.2, 0.25) is 0 Å². The molecule has 0 radical (unpaired) electrons. The number of ether oxygens (including phenoxy) is 1. The average molecular weight is 361 g/mol. The van der Waals surface area contributed by atoms with Crippen molar-refractivity contribution in [3.05, 3.63) is 65.2 Å². The van der Waals surface area contributed by atoms with Crippen molar-refractivity contribution in [2.45, 2.75) is 39.1 Å². The normalized spacial score (nSPS) is 17.9. The summed E-state index contributed by atoms with van der Waals surface area (Å²) in [6.45, 7) is 8.34. The van der Waals surface area contributed by atoms with Gasteiger partial charge in [-0.1, -0.05) is 30.3 Å². The summed E-state index contributed by atoms with van der Waals surface area (Å²) >= 11 is 0. The van der Waals surface area contributed by atoms with E-state index in [1.54, 1.807) is 0 Å². The molecule has 6 heteroatoms. The quantitative estimate of drug-likeness (QED) is 0.715. The van der Waals surface area contributed by atoms with Crippen LogP contribution in [0.4, 0.5) is 0 Å². The fourth-order valence-electron chi connectivity index (χ4n) is 4.09. The van der Waals surface area contributed by atoms with Gasteiger partial charge in [-0.05, 0) is 13.8 Å². The lowest BCUT2D eigenvalue weighted by atomic mass is 9.87. The highest BCUT2D eigenvalue weighted by Crippen LogP contribution is 2.43. The Morgan fingerprint density at radius 1 is 1.19 bits per heavy atom. The predicted octanol–water partition coefficient (Wildman–Crippen LogP) is 2.91. The Balaban J connectivity index is 1.32. The second-order valence-corrected chi connectivity index (χ2v) is 7.44. The summed E-state index contributed by atoms with van der Waals surface area (Å²) in [6, 6.07) is 10.1. The monoisotopic (exact) mass is 361 g/mol. The van der Waals surface area contributed by atoms with E-state index in [-0.39, 0.29) is 5.60 Å². The van der Waals surface area contributed by atoms with Gasteiger partial charge in [0, 0.05) is 55.3 Å². The molecule has 1 aromatic carbocycles. The molecule has 4 heterocycles. The van der Waals surface area contributed by atoms with Gasteiger partial charge in [0.05, 0.1) is 18.0 Å². The third kappa shape index (κ3) is 2.76. The zero-order valence-corrected chi connectivity index (χ0v) is 15.7. The fourth-order valence-corrected chi connectivity index (χ4v) is 4.09. The summed E-state index contributed by atoms with van der Waals surface area (Å²) in [4.78, 5) is 11.8. The number of likely N-dealkylation sites (tertiary alicyclic amines) is 1. The average Bonchev–Trinajstić information content (AvgIpc) is 3.23. The van der Waals surface area contributed by atoms with Crippen LogP contribution >= 0.6 is 0 Å². The molecule has 0 saturated carbocycles. The lowest BCUT2D eigenvalue weighted by Gasteiger charge is -2.47. The van der Waals surface area contributed by atoms with E-state index in [0.29, 0.717) is 6.61 Å². The Bertz CT molecular complexity index is 975. The third-order valence-corrected chi connectivity index (χ3v) is 5.60. The van der Waals surface area contributed by atoms with Crippen LogP contribution in [0.15, 0.2) is 42.7 Å². The van der Waals surface area contributed by atoms with Gasteiger partial charge in [0.1, 0.15) is 5.60 Å². The molecule has 27 heavy (non-hydrogen) atoms. The van der Waals surface area contributed by atoms with E-state index < -0.39 is 0 Å². The minimum Gasteiger partial charge on any atom is -0.361 e. The van der Waals surface area contributed by atoms with Gasteiger partial charge in [-0.2, -0.15) is 5.10 Å². The number of benzene rings is 1. The molecule has 5 rings (SSSR count). The molecule has 0 atom stereocenters. The van der Waals surface area contributed by atoms with Crippen molar-refractivity contribution in [3.8, 4) is 11.4 Å². The van der Waals surface area contributed by atoms with Crippen molar-refractivity contribution in [1.29, 1.82) is 0 Å². The maximum absolute atomic E-state index is 6.20. The Morgan fingerprint density at radius 2 is 2.00 bits per heavy atom. The van der Waals surface area contributed by atoms with Gasteiger partial charge >= 0.3 is 0 Å². The zero-order valence-electron chi connectivity index (χ0n) is 15.7. The van der Waals surface area contributed by atoms with Crippen LogP contribution in [0.1, 0.15) is 29.4 Å². The maximum Gasteiger partial charge on any atom is 0.159 e. The molecule has 2 aromatic heterocycles. The number of hydrogen-bond acceptors (Lipinski definition) is 5. The van der Waals surface area contributed by atoms with Crippen LogP contribution in [-0.2, 0) is 30.0 Å². The molecule has 0 bridgehead atoms. The van der Waals surface area contributed by atoms with Crippen LogP contribution in [0.2, 0.25) is 0 Å². The highest BCUT2D eigenvalue weighted by molar-refractivity contribution is 5.55. The second-order valence-electron chi connectivity index (χ2n) is 7.44. The van der Waals surface area contributed by atoms with Gasteiger partial charge in [0.15, 0.2) is 5.82 Å². The van der Waals surface area contributed by atoms with Crippen LogP contribution in [0, 0.1) is 6.92 Å². The summed E-state index contributed by atoms with van der Waals surface area (Å²) in [6.07, 6.45) is 4.12. The first kappa shape index (κ1) is 16.6. The van der Waals surface area contributed by atoms with E-state index in [1.807, 2.05) is 41.2 Å². The number of rotatable bonds is 4. The van der Waals surface area contributed by atoms with E-state index in [9.17, 15) is 0 Å². The second kappa shape index (κ2) is 6.25. The molecule has 0 aliphatic carbocycles. The largest absolute Gasteiger partial charge is 0.361 e. The van der Waals surface area contributed by atoms with Crippen LogP contribution in [-0.4, -0.2) is 37.7 Å². The molecule has 1 fully saturated rings. The van der Waals surface area contributed by atoms with Crippen LogP contribution in [0.5, 0.6) is 0 Å². The van der Waals surface area contributed by atoms with E-state index in [2.05, 4.69) is 35.0 Å². The van der Waals surface area contributed by atoms with Gasteiger partial charge in [-0.25, -0.2) is 9.97 Å². The molecule has 0 unspecified atom stereocenters. The van der Waals surface area contributed by atoms with Gasteiger partial charge in [0.25, 0.3) is 0 Å². The first-order valence-corrected chi connectivity index (χ1v) is 9.48. The summed E-state index contributed by atoms with van der Waals surface area (Å²) in [7, 11) is 0. The molecule has 0 N–H and O–H groups in total. The summed E-state index contributed by atoms with van der Waals surface area (Å²) in [5, 5.41) is 4.54. The highest BCUT2D eigenvalue weighted by Gasteiger charge is 2.50. The van der Waals surface area contributed by atoms with E-state index in [4.69, 9.17) is 9.72 Å². The first-order chi connectivity index (χ1) is 13.2. The number of nitrogens with zero attached hydrogens (tertiary/aromatic N) is 5. The molecule has 0 amide bonds. The number of hydrogen-bond donors (Lipinski definition) is 0. The van der Waals surface area contributed by atoms with Crippen molar-refractivity contribution in [3.63, 3.8) is 0 Å². The van der Waals surface area contributed by atoms with E-state index in [1.165, 1.54) is 5.56 Å². The van der Waals surface area contributed by atoms with Gasteiger partial charge in [-0.3, -0.25) is 9.58 Å². The van der Waals surface area contributed by atoms with E-state index >= 15 is 0 Å². The molecule has 138 valence electrons. The van der Waals surface area contributed by atoms with Gasteiger partial charge in [-0.15, -0.1) is 0 Å². The maximum atomic E-state index is 6.20. The molecular formula is C21H23N5O. The Kier molecular flexibility index (Phi) is 3.84. The number of fused-ring (bicyclic) bond motifs is 2. The van der Waals surface area contributed by atoms with Crippen molar-refractivity contribution in [2.24, 2.45) is 0 Å². The molecule has 2 aliphatic rings. The predicted molar refractivity (Wildman–Crippen MR) is 102 cm³/mol. The molecule has 2 aliphatic heterocycles. The smallest absolute Gasteiger partial charge is 0.159 e. The molecule has 1 spiro atoms. The topological polar surface area (TPSA) is 56.1 Å². The summed E-state index contributed by atoms with van der Waals surface area (Å²) in [5.74, 6) is 0.772. The minimum atomic E-state index is -0.237. The molecule has 1 saturated heterocycles. The van der Waals surface area contributed by atoms with Crippen molar-refractivity contribution in [1.82, 2.24) is 24.6 Å². The Morgan fingerprint density at radius 3 is 2.74 bits per heavy atom. The molecular weight excluding hydrogens is 338 g/mol. The standard InChI is InChI=1S/C21H23N5O/c1-3-26-11-17(15(2)24-26)10-25-13-21(14-25)18-9-22-20(23-19(18)12-27-21)16-7-5-4-6-8-16/h4-9,11H,3,10,12-14H2,1-2H3. The van der Waals surface area contributed by atoms with Crippen molar-refractivity contribution >= 4 is 0 Å².